The highest BCUT2D eigenvalue weighted by molar-refractivity contribution is 9.10. The van der Waals surface area contributed by atoms with Gasteiger partial charge in [-0.25, -0.2) is 0 Å². The molecule has 0 bridgehead atoms. The first-order chi connectivity index (χ1) is 6.68. The average Bonchev–Trinajstić information content (AvgIpc) is 2.54. The number of aryl methyl sites for hydroxylation is 1. The predicted octanol–water partition coefficient (Wildman–Crippen LogP) is 4.01. The summed E-state index contributed by atoms with van der Waals surface area (Å²) < 4.78 is 1.06. The minimum Gasteiger partial charge on any atom is -0.370 e. The second-order valence-electron chi connectivity index (χ2n) is 3.75. The number of nitrogens with zero attached hydrogens (tertiary/aromatic N) is 1. The van der Waals surface area contributed by atoms with E-state index in [0.717, 1.165) is 22.6 Å². The summed E-state index contributed by atoms with van der Waals surface area (Å²) in [5, 5.41) is 0.860. The largest absolute Gasteiger partial charge is 0.370 e. The minimum absolute atomic E-state index is 0.860. The van der Waals surface area contributed by atoms with Gasteiger partial charge in [0.05, 0.1) is 10.7 Å². The van der Waals surface area contributed by atoms with Crippen LogP contribution in [0.25, 0.3) is 0 Å². The Balaban J connectivity index is 2.40. The number of anilines is 1. The minimum atomic E-state index is 0.860. The molecule has 1 aliphatic heterocycles. The van der Waals surface area contributed by atoms with Crippen molar-refractivity contribution in [1.82, 2.24) is 0 Å². The monoisotopic (exact) mass is 273 g/mol. The van der Waals surface area contributed by atoms with Crippen LogP contribution < -0.4 is 4.90 Å². The molecule has 0 radical (unpaired) electrons. The second-order valence-corrected chi connectivity index (χ2v) is 5.07. The normalized spacial score (nSPS) is 16.4. The maximum Gasteiger partial charge on any atom is 0.0653 e. The molecular formula is C11H13BrClN. The molecule has 1 heterocycles. The number of hydrogen-bond acceptors (Lipinski definition) is 1. The van der Waals surface area contributed by atoms with Crippen LogP contribution in [0.15, 0.2) is 16.6 Å². The molecule has 76 valence electrons. The van der Waals surface area contributed by atoms with E-state index >= 15 is 0 Å². The Bertz CT molecular complexity index is 322. The molecule has 3 heteroatoms. The standard InChI is InChI=1S/C11H13BrClN/c1-8-6-9(12)7-10(13)11(8)14-4-2-3-5-14/h6-7H,2-5H2,1H3. The summed E-state index contributed by atoms with van der Waals surface area (Å²) >= 11 is 9.70. The van der Waals surface area contributed by atoms with Gasteiger partial charge in [0.15, 0.2) is 0 Å². The number of hydrogen-bond donors (Lipinski definition) is 0. The maximum atomic E-state index is 6.24. The Morgan fingerprint density at radius 2 is 1.93 bits per heavy atom. The van der Waals surface area contributed by atoms with Gasteiger partial charge in [-0.1, -0.05) is 27.5 Å². The smallest absolute Gasteiger partial charge is 0.0653 e. The maximum absolute atomic E-state index is 6.24. The average molecular weight is 275 g/mol. The Hall–Kier alpha value is -0.210. The highest BCUT2D eigenvalue weighted by Crippen LogP contribution is 2.34. The SMILES string of the molecule is Cc1cc(Br)cc(Cl)c1N1CCCC1. The molecular weight excluding hydrogens is 261 g/mol. The molecule has 1 aromatic carbocycles. The summed E-state index contributed by atoms with van der Waals surface area (Å²) in [6, 6.07) is 4.10. The quantitative estimate of drug-likeness (QED) is 0.748. The van der Waals surface area contributed by atoms with Crippen molar-refractivity contribution in [3.8, 4) is 0 Å². The van der Waals surface area contributed by atoms with E-state index in [1.165, 1.54) is 24.1 Å². The lowest BCUT2D eigenvalue weighted by Gasteiger charge is -2.21. The van der Waals surface area contributed by atoms with E-state index in [0.29, 0.717) is 0 Å². The molecule has 0 saturated carbocycles. The van der Waals surface area contributed by atoms with Crippen LogP contribution in [0.5, 0.6) is 0 Å². The van der Waals surface area contributed by atoms with Gasteiger partial charge < -0.3 is 4.90 Å². The van der Waals surface area contributed by atoms with Crippen molar-refractivity contribution in [2.24, 2.45) is 0 Å². The van der Waals surface area contributed by atoms with Crippen LogP contribution in [0.4, 0.5) is 5.69 Å². The number of benzene rings is 1. The van der Waals surface area contributed by atoms with E-state index in [4.69, 9.17) is 11.6 Å². The third-order valence-electron chi connectivity index (χ3n) is 2.64. The van der Waals surface area contributed by atoms with E-state index in [-0.39, 0.29) is 0 Å². The summed E-state index contributed by atoms with van der Waals surface area (Å²) in [7, 11) is 0. The van der Waals surface area contributed by atoms with Gasteiger partial charge in [0.25, 0.3) is 0 Å². The molecule has 1 fully saturated rings. The van der Waals surface area contributed by atoms with Crippen molar-refractivity contribution in [3.63, 3.8) is 0 Å². The zero-order valence-electron chi connectivity index (χ0n) is 8.19. The van der Waals surface area contributed by atoms with Crippen molar-refractivity contribution in [2.75, 3.05) is 18.0 Å². The van der Waals surface area contributed by atoms with Crippen LogP contribution >= 0.6 is 27.5 Å². The van der Waals surface area contributed by atoms with E-state index in [1.807, 2.05) is 6.07 Å². The lowest BCUT2D eigenvalue weighted by Crippen LogP contribution is -2.19. The fourth-order valence-corrected chi connectivity index (χ4v) is 3.13. The van der Waals surface area contributed by atoms with E-state index in [9.17, 15) is 0 Å². The summed E-state index contributed by atoms with van der Waals surface area (Å²) in [6.07, 6.45) is 2.57. The van der Waals surface area contributed by atoms with Gasteiger partial charge in [0.2, 0.25) is 0 Å². The molecule has 1 aromatic rings. The highest BCUT2D eigenvalue weighted by atomic mass is 79.9. The number of halogens is 2. The third kappa shape index (κ3) is 1.91. The first kappa shape index (κ1) is 10.3. The number of rotatable bonds is 1. The molecule has 0 aliphatic carbocycles. The van der Waals surface area contributed by atoms with Crippen molar-refractivity contribution in [1.29, 1.82) is 0 Å². The zero-order chi connectivity index (χ0) is 10.1. The molecule has 14 heavy (non-hydrogen) atoms. The third-order valence-corrected chi connectivity index (χ3v) is 3.39. The lowest BCUT2D eigenvalue weighted by molar-refractivity contribution is 0.949. The van der Waals surface area contributed by atoms with Crippen molar-refractivity contribution in [2.45, 2.75) is 19.8 Å². The second kappa shape index (κ2) is 4.11. The summed E-state index contributed by atoms with van der Waals surface area (Å²) in [4.78, 5) is 2.38. The van der Waals surface area contributed by atoms with Gasteiger partial charge in [0, 0.05) is 17.6 Å². The molecule has 0 aromatic heterocycles. The summed E-state index contributed by atoms with van der Waals surface area (Å²) in [5.74, 6) is 0. The summed E-state index contributed by atoms with van der Waals surface area (Å²) in [6.45, 7) is 4.40. The lowest BCUT2D eigenvalue weighted by atomic mass is 10.2. The topological polar surface area (TPSA) is 3.24 Å². The Morgan fingerprint density at radius 1 is 1.29 bits per heavy atom. The van der Waals surface area contributed by atoms with Crippen LogP contribution in [-0.2, 0) is 0 Å². The Kier molecular flexibility index (Phi) is 3.03. The molecule has 0 unspecified atom stereocenters. The van der Waals surface area contributed by atoms with Crippen molar-refractivity contribution < 1.29 is 0 Å². The molecule has 0 atom stereocenters. The van der Waals surface area contributed by atoms with Gasteiger partial charge in [-0.05, 0) is 37.5 Å². The van der Waals surface area contributed by atoms with E-state index in [2.05, 4.69) is 33.8 Å². The molecule has 1 nitrogen and oxygen atoms in total. The Labute approximate surface area is 98.2 Å². The fourth-order valence-electron chi connectivity index (χ4n) is 2.04. The van der Waals surface area contributed by atoms with E-state index in [1.54, 1.807) is 0 Å². The van der Waals surface area contributed by atoms with Crippen LogP contribution in [0.1, 0.15) is 18.4 Å². The van der Waals surface area contributed by atoms with Crippen molar-refractivity contribution in [3.05, 3.63) is 27.2 Å². The van der Waals surface area contributed by atoms with E-state index < -0.39 is 0 Å². The highest BCUT2D eigenvalue weighted by Gasteiger charge is 2.17. The first-order valence-electron chi connectivity index (χ1n) is 4.89. The fraction of sp³-hybridized carbons (Fsp3) is 0.455. The van der Waals surface area contributed by atoms with Crippen LogP contribution in [0.3, 0.4) is 0 Å². The van der Waals surface area contributed by atoms with Gasteiger partial charge >= 0.3 is 0 Å². The molecule has 2 rings (SSSR count). The van der Waals surface area contributed by atoms with Crippen LogP contribution in [0.2, 0.25) is 5.02 Å². The van der Waals surface area contributed by atoms with Gasteiger partial charge in [-0.2, -0.15) is 0 Å². The van der Waals surface area contributed by atoms with Crippen LogP contribution in [0, 0.1) is 6.92 Å². The molecule has 0 spiro atoms. The van der Waals surface area contributed by atoms with Gasteiger partial charge in [-0.3, -0.25) is 0 Å². The molecule has 0 amide bonds. The van der Waals surface area contributed by atoms with Gasteiger partial charge in [-0.15, -0.1) is 0 Å². The predicted molar refractivity (Wildman–Crippen MR) is 65.3 cm³/mol. The van der Waals surface area contributed by atoms with Crippen molar-refractivity contribution >= 4 is 33.2 Å². The molecule has 0 N–H and O–H groups in total. The summed E-state index contributed by atoms with van der Waals surface area (Å²) in [5.41, 5.74) is 2.47. The van der Waals surface area contributed by atoms with Crippen LogP contribution in [-0.4, -0.2) is 13.1 Å². The first-order valence-corrected chi connectivity index (χ1v) is 6.06. The molecule has 1 aliphatic rings. The van der Waals surface area contributed by atoms with Gasteiger partial charge in [0.1, 0.15) is 0 Å². The molecule has 1 saturated heterocycles. The zero-order valence-corrected chi connectivity index (χ0v) is 10.5. The Morgan fingerprint density at radius 3 is 2.50 bits per heavy atom.